The van der Waals surface area contributed by atoms with E-state index in [4.69, 9.17) is 28.2 Å². The topological polar surface area (TPSA) is 37.2 Å². The van der Waals surface area contributed by atoms with Gasteiger partial charge in [0.1, 0.15) is 11.3 Å². The van der Waals surface area contributed by atoms with E-state index in [0.717, 1.165) is 39.4 Å². The number of furan rings is 1. The van der Waals surface area contributed by atoms with Crippen LogP contribution < -0.4 is 10.6 Å². The van der Waals surface area contributed by atoms with Gasteiger partial charge in [0.15, 0.2) is 5.11 Å². The minimum absolute atomic E-state index is 0.589. The number of anilines is 1. The molecule has 1 heterocycles. The number of nitrogens with one attached hydrogen (secondary N) is 2. The maximum absolute atomic E-state index is 5.95. The molecule has 3 aromatic rings. The summed E-state index contributed by atoms with van der Waals surface area (Å²) in [5.41, 5.74) is 2.93. The number of aryl methyl sites for hydroxylation is 1. The van der Waals surface area contributed by atoms with Crippen LogP contribution in [-0.4, -0.2) is 11.7 Å². The van der Waals surface area contributed by atoms with Gasteiger partial charge in [-0.05, 0) is 55.0 Å². The van der Waals surface area contributed by atoms with Crippen LogP contribution in [0.3, 0.4) is 0 Å². The predicted molar refractivity (Wildman–Crippen MR) is 100 cm³/mol. The maximum atomic E-state index is 5.95. The van der Waals surface area contributed by atoms with E-state index in [1.54, 1.807) is 0 Å². The molecule has 0 aliphatic heterocycles. The van der Waals surface area contributed by atoms with Crippen molar-refractivity contribution in [1.29, 1.82) is 0 Å². The van der Waals surface area contributed by atoms with Gasteiger partial charge in [0.2, 0.25) is 0 Å². The quantitative estimate of drug-likeness (QED) is 0.658. The van der Waals surface area contributed by atoms with Crippen molar-refractivity contribution in [3.05, 3.63) is 64.9 Å². The zero-order chi connectivity index (χ0) is 16.2. The standard InChI is InChI=1S/C18H17ClN2OS/c1-12-10-14(19)6-7-16(12)21-18(23)20-9-8-15-11-13-4-2-3-5-17(13)22-15/h2-7,10-11H,8-9H2,1H3,(H2,20,21,23). The fraction of sp³-hybridized carbons (Fsp3) is 0.167. The second kappa shape index (κ2) is 7.02. The summed E-state index contributed by atoms with van der Waals surface area (Å²) < 4.78 is 5.78. The van der Waals surface area contributed by atoms with Gasteiger partial charge in [0, 0.05) is 29.1 Å². The summed E-state index contributed by atoms with van der Waals surface area (Å²) in [5, 5.41) is 8.81. The van der Waals surface area contributed by atoms with E-state index in [9.17, 15) is 0 Å². The molecule has 0 radical (unpaired) electrons. The lowest BCUT2D eigenvalue weighted by atomic mass is 10.2. The van der Waals surface area contributed by atoms with E-state index in [0.29, 0.717) is 11.7 Å². The molecule has 0 saturated carbocycles. The Morgan fingerprint density at radius 2 is 2.00 bits per heavy atom. The van der Waals surface area contributed by atoms with Crippen LogP contribution >= 0.6 is 23.8 Å². The molecule has 118 valence electrons. The van der Waals surface area contributed by atoms with Gasteiger partial charge in [0.25, 0.3) is 0 Å². The molecule has 5 heteroatoms. The molecule has 0 fully saturated rings. The van der Waals surface area contributed by atoms with Gasteiger partial charge < -0.3 is 15.1 Å². The normalized spacial score (nSPS) is 10.7. The first-order chi connectivity index (χ1) is 11.1. The summed E-state index contributed by atoms with van der Waals surface area (Å²) in [7, 11) is 0. The fourth-order valence-corrected chi connectivity index (χ4v) is 2.83. The molecule has 0 amide bonds. The van der Waals surface area contributed by atoms with Crippen LogP contribution in [0.4, 0.5) is 5.69 Å². The van der Waals surface area contributed by atoms with Crippen molar-refractivity contribution in [2.75, 3.05) is 11.9 Å². The number of thiocarbonyl (C=S) groups is 1. The van der Waals surface area contributed by atoms with E-state index in [-0.39, 0.29) is 0 Å². The second-order valence-corrected chi connectivity index (χ2v) is 6.19. The Morgan fingerprint density at radius 1 is 1.17 bits per heavy atom. The summed E-state index contributed by atoms with van der Waals surface area (Å²) in [4.78, 5) is 0. The van der Waals surface area contributed by atoms with Crippen molar-refractivity contribution >= 4 is 45.6 Å². The highest BCUT2D eigenvalue weighted by molar-refractivity contribution is 7.80. The minimum Gasteiger partial charge on any atom is -0.461 e. The first kappa shape index (κ1) is 15.8. The van der Waals surface area contributed by atoms with Gasteiger partial charge in [-0.1, -0.05) is 29.8 Å². The SMILES string of the molecule is Cc1cc(Cl)ccc1NC(=S)NCCc1cc2ccccc2o1. The number of rotatable bonds is 4. The third-order valence-electron chi connectivity index (χ3n) is 3.57. The molecule has 23 heavy (non-hydrogen) atoms. The highest BCUT2D eigenvalue weighted by atomic mass is 35.5. The Balaban J connectivity index is 1.52. The van der Waals surface area contributed by atoms with Gasteiger partial charge in [-0.3, -0.25) is 0 Å². The average molecular weight is 345 g/mol. The summed E-state index contributed by atoms with van der Waals surface area (Å²) in [6, 6.07) is 15.7. The minimum atomic E-state index is 0.589. The molecular formula is C18H17ClN2OS. The van der Waals surface area contributed by atoms with Crippen molar-refractivity contribution in [2.45, 2.75) is 13.3 Å². The molecule has 0 aliphatic rings. The zero-order valence-corrected chi connectivity index (χ0v) is 14.3. The van der Waals surface area contributed by atoms with Gasteiger partial charge in [0.05, 0.1) is 0 Å². The van der Waals surface area contributed by atoms with Crippen molar-refractivity contribution in [1.82, 2.24) is 5.32 Å². The van der Waals surface area contributed by atoms with E-state index in [2.05, 4.69) is 16.7 Å². The van der Waals surface area contributed by atoms with Gasteiger partial charge in [-0.15, -0.1) is 0 Å². The van der Waals surface area contributed by atoms with Crippen LogP contribution in [-0.2, 0) is 6.42 Å². The summed E-state index contributed by atoms with van der Waals surface area (Å²) in [6.45, 7) is 2.70. The summed E-state index contributed by atoms with van der Waals surface area (Å²) >= 11 is 11.3. The molecular weight excluding hydrogens is 328 g/mol. The number of halogens is 1. The Bertz CT molecular complexity index is 811. The highest BCUT2D eigenvalue weighted by Crippen LogP contribution is 2.20. The maximum Gasteiger partial charge on any atom is 0.170 e. The van der Waals surface area contributed by atoms with Gasteiger partial charge >= 0.3 is 0 Å². The van der Waals surface area contributed by atoms with Crippen LogP contribution in [0.15, 0.2) is 52.9 Å². The number of fused-ring (bicyclic) bond motifs is 1. The third-order valence-corrected chi connectivity index (χ3v) is 4.05. The van der Waals surface area contributed by atoms with Crippen molar-refractivity contribution in [3.63, 3.8) is 0 Å². The number of hydrogen-bond donors (Lipinski definition) is 2. The van der Waals surface area contributed by atoms with Crippen molar-refractivity contribution in [3.8, 4) is 0 Å². The van der Waals surface area contributed by atoms with E-state index < -0.39 is 0 Å². The lowest BCUT2D eigenvalue weighted by Gasteiger charge is -2.12. The lowest BCUT2D eigenvalue weighted by Crippen LogP contribution is -2.30. The molecule has 0 unspecified atom stereocenters. The molecule has 2 N–H and O–H groups in total. The van der Waals surface area contributed by atoms with Crippen LogP contribution in [0.2, 0.25) is 5.02 Å². The molecule has 3 rings (SSSR count). The Labute approximate surface area is 145 Å². The molecule has 2 aromatic carbocycles. The van der Waals surface area contributed by atoms with Crippen LogP contribution in [0, 0.1) is 6.92 Å². The Morgan fingerprint density at radius 3 is 2.78 bits per heavy atom. The monoisotopic (exact) mass is 344 g/mol. The zero-order valence-electron chi connectivity index (χ0n) is 12.7. The number of benzene rings is 2. The van der Waals surface area contributed by atoms with E-state index in [1.807, 2.05) is 49.4 Å². The fourth-order valence-electron chi connectivity index (χ4n) is 2.39. The third kappa shape index (κ3) is 4.03. The number of para-hydroxylation sites is 1. The van der Waals surface area contributed by atoms with E-state index >= 15 is 0 Å². The highest BCUT2D eigenvalue weighted by Gasteiger charge is 2.04. The predicted octanol–water partition coefficient (Wildman–Crippen LogP) is 4.92. The molecule has 0 bridgehead atoms. The number of hydrogen-bond acceptors (Lipinski definition) is 2. The average Bonchev–Trinajstić information content (AvgIpc) is 2.93. The van der Waals surface area contributed by atoms with Gasteiger partial charge in [-0.2, -0.15) is 0 Å². The molecule has 3 nitrogen and oxygen atoms in total. The molecule has 0 aliphatic carbocycles. The Hall–Kier alpha value is -2.04. The smallest absolute Gasteiger partial charge is 0.170 e. The first-order valence-corrected chi connectivity index (χ1v) is 8.19. The van der Waals surface area contributed by atoms with Crippen LogP contribution in [0.25, 0.3) is 11.0 Å². The summed E-state index contributed by atoms with van der Waals surface area (Å²) in [6.07, 6.45) is 0.774. The largest absolute Gasteiger partial charge is 0.461 e. The molecule has 0 atom stereocenters. The van der Waals surface area contributed by atoms with Crippen LogP contribution in [0.1, 0.15) is 11.3 Å². The lowest BCUT2D eigenvalue weighted by molar-refractivity contribution is 0.546. The van der Waals surface area contributed by atoms with E-state index in [1.165, 1.54) is 0 Å². The second-order valence-electron chi connectivity index (χ2n) is 5.34. The Kier molecular flexibility index (Phi) is 4.84. The van der Waals surface area contributed by atoms with Crippen molar-refractivity contribution < 1.29 is 4.42 Å². The molecule has 0 saturated heterocycles. The van der Waals surface area contributed by atoms with Gasteiger partial charge in [-0.25, -0.2) is 0 Å². The molecule has 0 spiro atoms. The molecule has 1 aromatic heterocycles. The van der Waals surface area contributed by atoms with Crippen LogP contribution in [0.5, 0.6) is 0 Å². The van der Waals surface area contributed by atoms with Crippen molar-refractivity contribution in [2.24, 2.45) is 0 Å². The first-order valence-electron chi connectivity index (χ1n) is 7.40. The summed E-state index contributed by atoms with van der Waals surface area (Å²) in [5.74, 6) is 0.948.